The largest absolute Gasteiger partial charge is 0.463 e. The van der Waals surface area contributed by atoms with Crippen molar-refractivity contribution in [1.29, 1.82) is 5.26 Å². The molecule has 2 saturated heterocycles. The molecule has 1 unspecified atom stereocenters. The minimum absolute atomic E-state index is 0.0868. The first-order valence-electron chi connectivity index (χ1n) is 17.2. The van der Waals surface area contributed by atoms with E-state index < -0.39 is 0 Å². The van der Waals surface area contributed by atoms with Gasteiger partial charge in [0.15, 0.2) is 0 Å². The molecule has 3 aromatic heterocycles. The molecule has 1 N–H and O–H groups in total. The van der Waals surface area contributed by atoms with Gasteiger partial charge in [0.25, 0.3) is 0 Å². The zero-order chi connectivity index (χ0) is 33.2. The smallest absolute Gasteiger partial charge is 0.309 e. The second-order valence-electron chi connectivity index (χ2n) is 13.2. The number of fused-ring (bicyclic) bond motifs is 2. The number of ether oxygens (including phenoxy) is 1. The fourth-order valence-corrected chi connectivity index (χ4v) is 8.25. The van der Waals surface area contributed by atoms with Crippen molar-refractivity contribution < 1.29 is 9.53 Å². The van der Waals surface area contributed by atoms with Crippen LogP contribution in [0.4, 0.5) is 5.95 Å². The number of imidazole rings is 2. The van der Waals surface area contributed by atoms with Crippen molar-refractivity contribution in [3.63, 3.8) is 0 Å². The number of aromatic nitrogens is 4. The van der Waals surface area contributed by atoms with E-state index in [0.717, 1.165) is 97.8 Å². The van der Waals surface area contributed by atoms with Crippen molar-refractivity contribution in [2.45, 2.75) is 38.3 Å². The standard InChI is InChI=1S/C39H39N7O2S/c40-23-27-6-5-7-31(22-27)37-42-33-9-2-4-11-35(33)46(37)36(29-12-17-41-18-13-29)25-48-38(47)30-14-19-44(20-15-30)39-43-32-8-1-3-10-34(32)45(39)24-28-16-21-49-26-28/h1-11,16,21-22,26,29-30,36,41H,12-15,17-20,24-25H2. The zero-order valence-electron chi connectivity index (χ0n) is 27.4. The number of esters is 1. The molecule has 49 heavy (non-hydrogen) atoms. The van der Waals surface area contributed by atoms with Crippen LogP contribution in [0, 0.1) is 23.2 Å². The second kappa shape index (κ2) is 13.9. The number of hydrogen-bond acceptors (Lipinski definition) is 8. The molecule has 0 amide bonds. The number of rotatable bonds is 9. The van der Waals surface area contributed by atoms with E-state index in [4.69, 9.17) is 14.7 Å². The lowest BCUT2D eigenvalue weighted by molar-refractivity contribution is -0.151. The van der Waals surface area contributed by atoms with E-state index in [9.17, 15) is 10.1 Å². The normalized spacial score (nSPS) is 16.6. The third kappa shape index (κ3) is 6.32. The molecule has 1 atom stereocenters. The van der Waals surface area contributed by atoms with Crippen LogP contribution in [0.2, 0.25) is 0 Å². The Labute approximate surface area is 289 Å². The fraction of sp³-hybridized carbons (Fsp3) is 0.333. The van der Waals surface area contributed by atoms with Gasteiger partial charge in [0.05, 0.1) is 52.2 Å². The third-order valence-electron chi connectivity index (χ3n) is 10.2. The molecule has 0 aliphatic carbocycles. The van der Waals surface area contributed by atoms with E-state index in [1.54, 1.807) is 11.3 Å². The van der Waals surface area contributed by atoms with Gasteiger partial charge in [0.2, 0.25) is 5.95 Å². The lowest BCUT2D eigenvalue weighted by Gasteiger charge is -2.34. The monoisotopic (exact) mass is 669 g/mol. The van der Waals surface area contributed by atoms with Gasteiger partial charge in [-0.3, -0.25) is 4.79 Å². The number of carbonyl (C=O) groups is 1. The third-order valence-corrected chi connectivity index (χ3v) is 10.9. The van der Waals surface area contributed by atoms with Crippen molar-refractivity contribution in [2.75, 3.05) is 37.7 Å². The van der Waals surface area contributed by atoms with Crippen LogP contribution in [-0.4, -0.2) is 57.9 Å². The molecule has 8 rings (SSSR count). The predicted octanol–water partition coefficient (Wildman–Crippen LogP) is 7.03. The summed E-state index contributed by atoms with van der Waals surface area (Å²) in [4.78, 5) is 26.2. The fourth-order valence-electron chi connectivity index (χ4n) is 7.59. The van der Waals surface area contributed by atoms with E-state index in [-0.39, 0.29) is 24.5 Å². The number of para-hydroxylation sites is 4. The van der Waals surface area contributed by atoms with Crippen LogP contribution in [0.5, 0.6) is 0 Å². The summed E-state index contributed by atoms with van der Waals surface area (Å²) < 4.78 is 10.9. The molecule has 9 nitrogen and oxygen atoms in total. The molecular weight excluding hydrogens is 631 g/mol. The highest BCUT2D eigenvalue weighted by atomic mass is 32.1. The minimum atomic E-state index is -0.161. The number of piperidine rings is 2. The Kier molecular flexibility index (Phi) is 8.86. The van der Waals surface area contributed by atoms with Crippen LogP contribution in [-0.2, 0) is 16.1 Å². The molecular formula is C39H39N7O2S. The lowest BCUT2D eigenvalue weighted by Crippen LogP contribution is -2.39. The maximum absolute atomic E-state index is 13.8. The maximum atomic E-state index is 13.8. The first-order chi connectivity index (χ1) is 24.2. The van der Waals surface area contributed by atoms with Gasteiger partial charge >= 0.3 is 5.97 Å². The zero-order valence-corrected chi connectivity index (χ0v) is 28.2. The topological polar surface area (TPSA) is 101 Å². The lowest BCUT2D eigenvalue weighted by atomic mass is 9.89. The number of anilines is 1. The van der Waals surface area contributed by atoms with E-state index in [1.165, 1.54) is 5.56 Å². The molecule has 3 aromatic carbocycles. The molecule has 0 spiro atoms. The summed E-state index contributed by atoms with van der Waals surface area (Å²) in [6.07, 6.45) is 3.41. The van der Waals surface area contributed by atoms with Crippen molar-refractivity contribution >= 4 is 45.3 Å². The minimum Gasteiger partial charge on any atom is -0.463 e. The first-order valence-corrected chi connectivity index (χ1v) is 18.2. The Morgan fingerprint density at radius 2 is 1.69 bits per heavy atom. The number of nitrogens with zero attached hydrogens (tertiary/aromatic N) is 6. The summed E-state index contributed by atoms with van der Waals surface area (Å²) in [6.45, 7) is 4.40. The molecule has 0 bridgehead atoms. The van der Waals surface area contributed by atoms with Crippen LogP contribution in [0.3, 0.4) is 0 Å². The molecule has 0 radical (unpaired) electrons. The number of hydrogen-bond donors (Lipinski definition) is 1. The average molecular weight is 670 g/mol. The van der Waals surface area contributed by atoms with Crippen LogP contribution in [0.15, 0.2) is 89.6 Å². The van der Waals surface area contributed by atoms with Crippen molar-refractivity contribution in [3.05, 3.63) is 101 Å². The van der Waals surface area contributed by atoms with E-state index >= 15 is 0 Å². The maximum Gasteiger partial charge on any atom is 0.309 e. The Morgan fingerprint density at radius 1 is 0.939 bits per heavy atom. The number of carbonyl (C=O) groups excluding carboxylic acids is 1. The van der Waals surface area contributed by atoms with Gasteiger partial charge in [-0.15, -0.1) is 0 Å². The van der Waals surface area contributed by atoms with Crippen LogP contribution in [0.1, 0.15) is 42.9 Å². The van der Waals surface area contributed by atoms with Gasteiger partial charge in [-0.25, -0.2) is 9.97 Å². The van der Waals surface area contributed by atoms with Gasteiger partial charge in [0.1, 0.15) is 12.4 Å². The summed E-state index contributed by atoms with van der Waals surface area (Å²) in [5.74, 6) is 1.79. The molecule has 0 saturated carbocycles. The molecule has 6 aromatic rings. The van der Waals surface area contributed by atoms with Gasteiger partial charge in [-0.05, 0) is 103 Å². The first kappa shape index (κ1) is 31.3. The van der Waals surface area contributed by atoms with E-state index in [1.807, 2.05) is 48.5 Å². The number of nitrogens with one attached hydrogen (secondary N) is 1. The van der Waals surface area contributed by atoms with E-state index in [2.05, 4.69) is 66.5 Å². The molecule has 2 aliphatic rings. The highest BCUT2D eigenvalue weighted by Crippen LogP contribution is 2.36. The van der Waals surface area contributed by atoms with Crippen molar-refractivity contribution in [2.24, 2.45) is 11.8 Å². The van der Waals surface area contributed by atoms with Crippen molar-refractivity contribution in [3.8, 4) is 17.5 Å². The molecule has 10 heteroatoms. The summed E-state index contributed by atoms with van der Waals surface area (Å²) in [5, 5.41) is 17.4. The quantitative estimate of drug-likeness (QED) is 0.165. The highest BCUT2D eigenvalue weighted by Gasteiger charge is 2.33. The average Bonchev–Trinajstić information content (AvgIpc) is 3.91. The number of thiophene rings is 1. The molecule has 248 valence electrons. The summed E-state index contributed by atoms with van der Waals surface area (Å²) in [6, 6.07) is 28.4. The van der Waals surface area contributed by atoms with Gasteiger partial charge < -0.3 is 24.1 Å². The Bertz CT molecular complexity index is 2110. The Hall–Kier alpha value is -4.98. The van der Waals surface area contributed by atoms with Crippen LogP contribution in [0.25, 0.3) is 33.5 Å². The number of benzene rings is 3. The predicted molar refractivity (Wildman–Crippen MR) is 194 cm³/mol. The van der Waals surface area contributed by atoms with Gasteiger partial charge in [-0.1, -0.05) is 36.4 Å². The van der Waals surface area contributed by atoms with Gasteiger partial charge in [0, 0.05) is 18.7 Å². The van der Waals surface area contributed by atoms with Crippen LogP contribution < -0.4 is 10.2 Å². The SMILES string of the molecule is N#Cc1cccc(-c2nc3ccccc3n2C(COC(=O)C2CCN(c3nc4ccccc4n3Cc3ccsc3)CC2)C2CCNCC2)c1. The Balaban J connectivity index is 1.02. The molecule has 2 aliphatic heterocycles. The van der Waals surface area contributed by atoms with E-state index in [0.29, 0.717) is 11.5 Å². The Morgan fingerprint density at radius 3 is 2.45 bits per heavy atom. The summed E-state index contributed by atoms with van der Waals surface area (Å²) >= 11 is 1.71. The van der Waals surface area contributed by atoms with Crippen molar-refractivity contribution in [1.82, 2.24) is 24.4 Å². The highest BCUT2D eigenvalue weighted by molar-refractivity contribution is 7.07. The van der Waals surface area contributed by atoms with Crippen LogP contribution >= 0.6 is 11.3 Å². The summed E-state index contributed by atoms with van der Waals surface area (Å²) in [7, 11) is 0. The number of nitriles is 1. The summed E-state index contributed by atoms with van der Waals surface area (Å²) in [5.41, 5.74) is 6.76. The molecule has 2 fully saturated rings. The van der Waals surface area contributed by atoms with Gasteiger partial charge in [-0.2, -0.15) is 16.6 Å². The molecule has 5 heterocycles. The second-order valence-corrected chi connectivity index (χ2v) is 13.9.